The molecule has 10 heteroatoms. The standard InChI is InChI=1S/C22H28N4O5S/c1-16-14-26(15-17(2)31-16)32(29,30)13-12-23-22(28)25-20-10-8-18(9-11-20)21(27)24-19-6-4-3-5-7-19/h3-11,16-17H,12-15H2,1-2H3,(H,24,27)(H2,23,25,28). The number of carbonyl (C=O) groups excluding carboxylic acids is 2. The molecule has 0 aromatic heterocycles. The number of amides is 3. The molecule has 0 saturated carbocycles. The number of ether oxygens (including phenoxy) is 1. The highest BCUT2D eigenvalue weighted by atomic mass is 32.2. The number of morpholine rings is 1. The smallest absolute Gasteiger partial charge is 0.319 e. The van der Waals surface area contributed by atoms with Crippen LogP contribution in [0.2, 0.25) is 0 Å². The van der Waals surface area contributed by atoms with Crippen LogP contribution in [0.5, 0.6) is 0 Å². The van der Waals surface area contributed by atoms with E-state index in [4.69, 9.17) is 4.74 Å². The number of urea groups is 1. The highest BCUT2D eigenvalue weighted by molar-refractivity contribution is 7.89. The van der Waals surface area contributed by atoms with Gasteiger partial charge in [0.2, 0.25) is 10.0 Å². The number of nitrogens with zero attached hydrogens (tertiary/aromatic N) is 1. The lowest BCUT2D eigenvalue weighted by Crippen LogP contribution is -2.49. The lowest BCUT2D eigenvalue weighted by Gasteiger charge is -2.34. The van der Waals surface area contributed by atoms with Gasteiger partial charge < -0.3 is 20.7 Å². The minimum absolute atomic E-state index is 0.0220. The molecule has 1 saturated heterocycles. The van der Waals surface area contributed by atoms with Gasteiger partial charge in [-0.05, 0) is 50.2 Å². The van der Waals surface area contributed by atoms with E-state index in [1.807, 2.05) is 32.0 Å². The number of benzene rings is 2. The predicted molar refractivity (Wildman–Crippen MR) is 123 cm³/mol. The number of nitrogens with one attached hydrogen (secondary N) is 3. The highest BCUT2D eigenvalue weighted by Crippen LogP contribution is 2.15. The molecule has 3 amide bonds. The highest BCUT2D eigenvalue weighted by Gasteiger charge is 2.30. The minimum Gasteiger partial charge on any atom is -0.373 e. The van der Waals surface area contributed by atoms with Crippen molar-refractivity contribution in [3.63, 3.8) is 0 Å². The number of carbonyl (C=O) groups is 2. The average Bonchev–Trinajstić information content (AvgIpc) is 2.74. The number of para-hydroxylation sites is 1. The Balaban J connectivity index is 1.45. The Labute approximate surface area is 188 Å². The fourth-order valence-electron chi connectivity index (χ4n) is 3.39. The van der Waals surface area contributed by atoms with Crippen LogP contribution in [0, 0.1) is 0 Å². The first kappa shape index (κ1) is 23.7. The van der Waals surface area contributed by atoms with Gasteiger partial charge in [-0.3, -0.25) is 4.79 Å². The quantitative estimate of drug-likeness (QED) is 0.587. The molecule has 2 atom stereocenters. The van der Waals surface area contributed by atoms with Crippen molar-refractivity contribution in [2.45, 2.75) is 26.1 Å². The van der Waals surface area contributed by atoms with E-state index < -0.39 is 16.1 Å². The van der Waals surface area contributed by atoms with Gasteiger partial charge in [-0.2, -0.15) is 4.31 Å². The van der Waals surface area contributed by atoms with Gasteiger partial charge in [0.15, 0.2) is 0 Å². The Morgan fingerprint density at radius 1 is 0.938 bits per heavy atom. The normalized spacial score (nSPS) is 19.2. The van der Waals surface area contributed by atoms with E-state index in [1.54, 1.807) is 36.4 Å². The van der Waals surface area contributed by atoms with E-state index in [2.05, 4.69) is 16.0 Å². The number of sulfonamides is 1. The zero-order valence-corrected chi connectivity index (χ0v) is 18.9. The average molecular weight is 461 g/mol. The van der Waals surface area contributed by atoms with E-state index in [-0.39, 0.29) is 30.4 Å². The van der Waals surface area contributed by atoms with Crippen molar-refractivity contribution in [2.75, 3.05) is 36.0 Å². The van der Waals surface area contributed by atoms with Crippen LogP contribution in [0.25, 0.3) is 0 Å². The van der Waals surface area contributed by atoms with Crippen molar-refractivity contribution in [3.05, 3.63) is 60.2 Å². The Morgan fingerprint density at radius 2 is 1.53 bits per heavy atom. The third-order valence-electron chi connectivity index (χ3n) is 4.86. The molecule has 3 N–H and O–H groups in total. The van der Waals surface area contributed by atoms with Crippen LogP contribution in [0.3, 0.4) is 0 Å². The zero-order valence-electron chi connectivity index (χ0n) is 18.1. The second-order valence-corrected chi connectivity index (χ2v) is 9.76. The van der Waals surface area contributed by atoms with E-state index in [9.17, 15) is 18.0 Å². The third-order valence-corrected chi connectivity index (χ3v) is 6.67. The summed E-state index contributed by atoms with van der Waals surface area (Å²) in [7, 11) is -3.49. The second kappa shape index (κ2) is 10.6. The molecule has 2 unspecified atom stereocenters. The third kappa shape index (κ3) is 6.78. The molecule has 9 nitrogen and oxygen atoms in total. The van der Waals surface area contributed by atoms with Crippen molar-refractivity contribution < 1.29 is 22.7 Å². The van der Waals surface area contributed by atoms with E-state index >= 15 is 0 Å². The number of hydrogen-bond donors (Lipinski definition) is 3. The maximum Gasteiger partial charge on any atom is 0.319 e. The number of rotatable bonds is 7. The van der Waals surface area contributed by atoms with Crippen molar-refractivity contribution in [2.24, 2.45) is 0 Å². The Morgan fingerprint density at radius 3 is 2.16 bits per heavy atom. The molecular formula is C22H28N4O5S. The van der Waals surface area contributed by atoms with E-state index in [0.29, 0.717) is 30.0 Å². The maximum absolute atomic E-state index is 12.5. The summed E-state index contributed by atoms with van der Waals surface area (Å²) in [5.41, 5.74) is 1.62. The molecule has 1 aliphatic heterocycles. The fourth-order valence-corrected chi connectivity index (χ4v) is 4.88. The van der Waals surface area contributed by atoms with Crippen LogP contribution in [-0.4, -0.2) is 62.3 Å². The molecule has 0 aliphatic carbocycles. The topological polar surface area (TPSA) is 117 Å². The van der Waals surface area contributed by atoms with E-state index in [0.717, 1.165) is 0 Å². The zero-order chi connectivity index (χ0) is 23.1. The second-order valence-electron chi connectivity index (χ2n) is 7.67. The molecule has 0 radical (unpaired) electrons. The summed E-state index contributed by atoms with van der Waals surface area (Å²) in [5, 5.41) is 7.97. The van der Waals surface area contributed by atoms with Crippen molar-refractivity contribution in [1.29, 1.82) is 0 Å². The van der Waals surface area contributed by atoms with Gasteiger partial charge in [0.05, 0.1) is 18.0 Å². The van der Waals surface area contributed by atoms with Crippen LogP contribution in [0.15, 0.2) is 54.6 Å². The van der Waals surface area contributed by atoms with Gasteiger partial charge >= 0.3 is 6.03 Å². The number of hydrogen-bond acceptors (Lipinski definition) is 5. The molecular weight excluding hydrogens is 432 g/mol. The lowest BCUT2D eigenvalue weighted by atomic mass is 10.2. The molecule has 2 aromatic carbocycles. The summed E-state index contributed by atoms with van der Waals surface area (Å²) in [6.45, 7) is 4.26. The van der Waals surface area contributed by atoms with E-state index in [1.165, 1.54) is 4.31 Å². The molecule has 32 heavy (non-hydrogen) atoms. The lowest BCUT2D eigenvalue weighted by molar-refractivity contribution is -0.0440. The molecule has 2 aromatic rings. The first-order valence-corrected chi connectivity index (χ1v) is 12.0. The predicted octanol–water partition coefficient (Wildman–Crippen LogP) is 2.50. The summed E-state index contributed by atoms with van der Waals surface area (Å²) in [5.74, 6) is -0.456. The van der Waals surface area contributed by atoms with Crippen LogP contribution in [-0.2, 0) is 14.8 Å². The SMILES string of the molecule is CC1CN(S(=O)(=O)CCNC(=O)Nc2ccc(C(=O)Nc3ccccc3)cc2)CC(C)O1. The van der Waals surface area contributed by atoms with Gasteiger partial charge in [0.25, 0.3) is 5.91 Å². The van der Waals surface area contributed by atoms with Gasteiger partial charge in [0.1, 0.15) is 0 Å². The molecule has 1 aliphatic rings. The van der Waals surface area contributed by atoms with Crippen LogP contribution in [0.4, 0.5) is 16.2 Å². The van der Waals surface area contributed by atoms with Crippen LogP contribution >= 0.6 is 0 Å². The van der Waals surface area contributed by atoms with Crippen LogP contribution < -0.4 is 16.0 Å². The molecule has 3 rings (SSSR count). The first-order chi connectivity index (χ1) is 15.2. The summed E-state index contributed by atoms with van der Waals surface area (Å²) in [4.78, 5) is 24.4. The summed E-state index contributed by atoms with van der Waals surface area (Å²) in [6.07, 6.45) is -0.329. The Kier molecular flexibility index (Phi) is 7.84. The minimum atomic E-state index is -3.49. The summed E-state index contributed by atoms with van der Waals surface area (Å²) < 4.78 is 32.0. The van der Waals surface area contributed by atoms with Gasteiger partial charge in [0, 0.05) is 36.6 Å². The van der Waals surface area contributed by atoms with Crippen molar-refractivity contribution in [3.8, 4) is 0 Å². The maximum atomic E-state index is 12.5. The Bertz CT molecular complexity index is 1020. The van der Waals surface area contributed by atoms with Crippen molar-refractivity contribution >= 4 is 33.3 Å². The number of anilines is 2. The fraction of sp³-hybridized carbons (Fsp3) is 0.364. The molecule has 0 bridgehead atoms. The summed E-state index contributed by atoms with van der Waals surface area (Å²) in [6, 6.07) is 15.0. The van der Waals surface area contributed by atoms with Gasteiger partial charge in [-0.1, -0.05) is 18.2 Å². The first-order valence-electron chi connectivity index (χ1n) is 10.4. The molecule has 0 spiro atoms. The summed E-state index contributed by atoms with van der Waals surface area (Å²) >= 11 is 0. The van der Waals surface area contributed by atoms with Crippen LogP contribution in [0.1, 0.15) is 24.2 Å². The largest absolute Gasteiger partial charge is 0.373 e. The molecule has 1 fully saturated rings. The Hall–Kier alpha value is -2.95. The van der Waals surface area contributed by atoms with Gasteiger partial charge in [-0.25, -0.2) is 13.2 Å². The van der Waals surface area contributed by atoms with Gasteiger partial charge in [-0.15, -0.1) is 0 Å². The molecule has 1 heterocycles. The van der Waals surface area contributed by atoms with Crippen molar-refractivity contribution in [1.82, 2.24) is 9.62 Å². The molecule has 172 valence electrons. The monoisotopic (exact) mass is 460 g/mol.